The largest absolute Gasteiger partial charge is 0.300 e. The first-order valence-corrected chi connectivity index (χ1v) is 3.82. The zero-order valence-electron chi connectivity index (χ0n) is 7.13. The van der Waals surface area contributed by atoms with Crippen LogP contribution in [0.4, 0.5) is 8.78 Å². The molecule has 0 saturated carbocycles. The van der Waals surface area contributed by atoms with Crippen molar-refractivity contribution >= 4 is 5.78 Å². The van der Waals surface area contributed by atoms with Crippen LogP contribution in [-0.4, -0.2) is 10.8 Å². The van der Waals surface area contributed by atoms with E-state index in [0.29, 0.717) is 5.56 Å². The van der Waals surface area contributed by atoms with Gasteiger partial charge >= 0.3 is 0 Å². The Bertz CT molecular complexity index is 295. The molecule has 0 aliphatic rings. The molecule has 0 saturated heterocycles. The molecule has 0 atom stereocenters. The first kappa shape index (κ1) is 9.77. The van der Waals surface area contributed by atoms with Crippen molar-refractivity contribution in [1.82, 2.24) is 4.98 Å². The van der Waals surface area contributed by atoms with Gasteiger partial charge in [0.2, 0.25) is 0 Å². The number of aromatic nitrogens is 1. The molecule has 0 amide bonds. The summed E-state index contributed by atoms with van der Waals surface area (Å²) < 4.78 is 24.1. The van der Waals surface area contributed by atoms with Crippen LogP contribution >= 0.6 is 0 Å². The van der Waals surface area contributed by atoms with Crippen molar-refractivity contribution in [3.63, 3.8) is 0 Å². The lowest BCUT2D eigenvalue weighted by Crippen LogP contribution is -1.98. The summed E-state index contributed by atoms with van der Waals surface area (Å²) in [4.78, 5) is 14.2. The number of halogens is 2. The van der Waals surface area contributed by atoms with Gasteiger partial charge in [0.1, 0.15) is 11.5 Å². The Morgan fingerprint density at radius 1 is 1.54 bits per heavy atom. The van der Waals surface area contributed by atoms with E-state index < -0.39 is 6.43 Å². The maximum atomic E-state index is 12.0. The van der Waals surface area contributed by atoms with Crippen LogP contribution in [0.2, 0.25) is 0 Å². The SMILES string of the molecule is CC(=O)Cc1ccc(C(F)F)nc1. The van der Waals surface area contributed by atoms with E-state index in [-0.39, 0.29) is 17.9 Å². The Morgan fingerprint density at radius 2 is 2.23 bits per heavy atom. The maximum absolute atomic E-state index is 12.0. The summed E-state index contributed by atoms with van der Waals surface area (Å²) in [6.07, 6.45) is -0.995. The summed E-state index contributed by atoms with van der Waals surface area (Å²) in [5.41, 5.74) is 0.407. The molecule has 13 heavy (non-hydrogen) atoms. The minimum Gasteiger partial charge on any atom is -0.300 e. The Balaban J connectivity index is 2.75. The zero-order valence-corrected chi connectivity index (χ0v) is 7.13. The first-order chi connectivity index (χ1) is 6.09. The molecule has 1 heterocycles. The predicted octanol–water partition coefficient (Wildman–Crippen LogP) is 2.15. The minimum atomic E-state index is -2.55. The standard InChI is InChI=1S/C9H9F2NO/c1-6(13)4-7-2-3-8(9(10)11)12-5-7/h2-3,5,9H,4H2,1H3. The van der Waals surface area contributed by atoms with Crippen LogP contribution in [0, 0.1) is 0 Å². The van der Waals surface area contributed by atoms with Crippen molar-refractivity contribution in [2.45, 2.75) is 19.8 Å². The molecule has 4 heteroatoms. The molecular weight excluding hydrogens is 176 g/mol. The summed E-state index contributed by atoms with van der Waals surface area (Å²) in [6.45, 7) is 1.45. The Labute approximate surface area is 74.6 Å². The lowest BCUT2D eigenvalue weighted by molar-refractivity contribution is -0.116. The molecule has 1 aromatic rings. The Hall–Kier alpha value is -1.32. The van der Waals surface area contributed by atoms with E-state index in [1.807, 2.05) is 0 Å². The van der Waals surface area contributed by atoms with E-state index in [0.717, 1.165) is 0 Å². The summed E-state index contributed by atoms with van der Waals surface area (Å²) >= 11 is 0. The van der Waals surface area contributed by atoms with Crippen molar-refractivity contribution in [3.05, 3.63) is 29.6 Å². The summed E-state index contributed by atoms with van der Waals surface area (Å²) in [7, 11) is 0. The number of pyridine rings is 1. The molecule has 70 valence electrons. The highest BCUT2D eigenvalue weighted by molar-refractivity contribution is 5.78. The molecule has 0 bridgehead atoms. The highest BCUT2D eigenvalue weighted by atomic mass is 19.3. The second kappa shape index (κ2) is 4.07. The van der Waals surface area contributed by atoms with Gasteiger partial charge in [0, 0.05) is 12.6 Å². The third-order valence-corrected chi connectivity index (χ3v) is 1.52. The van der Waals surface area contributed by atoms with E-state index in [2.05, 4.69) is 4.98 Å². The van der Waals surface area contributed by atoms with Gasteiger partial charge < -0.3 is 0 Å². The van der Waals surface area contributed by atoms with Gasteiger partial charge in [0.25, 0.3) is 6.43 Å². The van der Waals surface area contributed by atoms with Crippen molar-refractivity contribution in [1.29, 1.82) is 0 Å². The van der Waals surface area contributed by atoms with Gasteiger partial charge in [-0.2, -0.15) is 0 Å². The first-order valence-electron chi connectivity index (χ1n) is 3.82. The maximum Gasteiger partial charge on any atom is 0.280 e. The third-order valence-electron chi connectivity index (χ3n) is 1.52. The van der Waals surface area contributed by atoms with Crippen LogP contribution in [0.5, 0.6) is 0 Å². The van der Waals surface area contributed by atoms with Crippen LogP contribution in [0.1, 0.15) is 24.6 Å². The molecule has 0 radical (unpaired) electrons. The van der Waals surface area contributed by atoms with Crippen molar-refractivity contribution in [2.75, 3.05) is 0 Å². The van der Waals surface area contributed by atoms with Gasteiger partial charge in [-0.1, -0.05) is 6.07 Å². The molecule has 0 spiro atoms. The van der Waals surface area contributed by atoms with E-state index in [9.17, 15) is 13.6 Å². The van der Waals surface area contributed by atoms with Crippen LogP contribution in [-0.2, 0) is 11.2 Å². The highest BCUT2D eigenvalue weighted by Crippen LogP contribution is 2.15. The number of carbonyl (C=O) groups excluding carboxylic acids is 1. The minimum absolute atomic E-state index is 0.00778. The normalized spacial score (nSPS) is 10.5. The number of ketones is 1. The molecule has 0 fully saturated rings. The zero-order chi connectivity index (χ0) is 9.84. The van der Waals surface area contributed by atoms with Crippen LogP contribution in [0.3, 0.4) is 0 Å². The Kier molecular flexibility index (Phi) is 3.06. The van der Waals surface area contributed by atoms with Crippen molar-refractivity contribution in [3.8, 4) is 0 Å². The average Bonchev–Trinajstić information content (AvgIpc) is 2.04. The monoisotopic (exact) mass is 185 g/mol. The highest BCUT2D eigenvalue weighted by Gasteiger charge is 2.07. The van der Waals surface area contributed by atoms with Gasteiger partial charge in [-0.3, -0.25) is 9.78 Å². The van der Waals surface area contributed by atoms with Crippen LogP contribution < -0.4 is 0 Å². The van der Waals surface area contributed by atoms with E-state index in [1.54, 1.807) is 0 Å². The van der Waals surface area contributed by atoms with Crippen LogP contribution in [0.15, 0.2) is 18.3 Å². The number of hydrogen-bond acceptors (Lipinski definition) is 2. The van der Waals surface area contributed by atoms with Crippen molar-refractivity contribution < 1.29 is 13.6 Å². The summed E-state index contributed by atoms with van der Waals surface area (Å²) in [6, 6.07) is 2.73. The number of nitrogens with zero attached hydrogens (tertiary/aromatic N) is 1. The van der Waals surface area contributed by atoms with Crippen molar-refractivity contribution in [2.24, 2.45) is 0 Å². The third kappa shape index (κ3) is 2.89. The lowest BCUT2D eigenvalue weighted by Gasteiger charge is -1.99. The van der Waals surface area contributed by atoms with Crippen LogP contribution in [0.25, 0.3) is 0 Å². The number of Topliss-reactive ketones (excluding diaryl/α,β-unsaturated/α-hetero) is 1. The number of alkyl halides is 2. The van der Waals surface area contributed by atoms with E-state index in [1.165, 1.54) is 25.3 Å². The second-order valence-corrected chi connectivity index (χ2v) is 2.77. The van der Waals surface area contributed by atoms with Gasteiger partial charge in [0.05, 0.1) is 0 Å². The topological polar surface area (TPSA) is 30.0 Å². The van der Waals surface area contributed by atoms with Gasteiger partial charge in [-0.05, 0) is 18.6 Å². The molecule has 1 aromatic heterocycles. The fourth-order valence-corrected chi connectivity index (χ4v) is 0.957. The fourth-order valence-electron chi connectivity index (χ4n) is 0.957. The quantitative estimate of drug-likeness (QED) is 0.722. The number of rotatable bonds is 3. The second-order valence-electron chi connectivity index (χ2n) is 2.77. The molecule has 0 unspecified atom stereocenters. The average molecular weight is 185 g/mol. The van der Waals surface area contributed by atoms with E-state index >= 15 is 0 Å². The predicted molar refractivity (Wildman–Crippen MR) is 43.6 cm³/mol. The van der Waals surface area contributed by atoms with Gasteiger partial charge in [-0.25, -0.2) is 8.78 Å². The van der Waals surface area contributed by atoms with Gasteiger partial charge in [0.15, 0.2) is 0 Å². The molecule has 0 aliphatic carbocycles. The number of carbonyl (C=O) groups is 1. The molecule has 0 aliphatic heterocycles. The molecule has 0 N–H and O–H groups in total. The summed E-state index contributed by atoms with van der Waals surface area (Å²) in [5.74, 6) is -0.00778. The molecule has 2 nitrogen and oxygen atoms in total. The van der Waals surface area contributed by atoms with Gasteiger partial charge in [-0.15, -0.1) is 0 Å². The molecular formula is C9H9F2NO. The smallest absolute Gasteiger partial charge is 0.280 e. The molecule has 1 rings (SSSR count). The fraction of sp³-hybridized carbons (Fsp3) is 0.333. The Morgan fingerprint density at radius 3 is 2.62 bits per heavy atom. The summed E-state index contributed by atoms with van der Waals surface area (Å²) in [5, 5.41) is 0. The lowest BCUT2D eigenvalue weighted by atomic mass is 10.1. The molecule has 0 aromatic carbocycles. The number of hydrogen-bond donors (Lipinski definition) is 0. The van der Waals surface area contributed by atoms with E-state index in [4.69, 9.17) is 0 Å².